The average molecular weight is 374 g/mol. The molecule has 0 heterocycles. The number of aliphatic carboxylic acids is 1. The fourth-order valence-electron chi connectivity index (χ4n) is 2.94. The van der Waals surface area contributed by atoms with Crippen LogP contribution in [0.1, 0.15) is 124 Å². The minimum atomic E-state index is -0.653. The molecule has 0 aliphatic carbocycles. The Bertz CT molecular complexity index is 270. The highest BCUT2D eigenvalue weighted by Gasteiger charge is 1.97. The van der Waals surface area contributed by atoms with E-state index in [0.717, 1.165) is 19.4 Å². The number of aliphatic hydroxyl groups is 1. The number of carbonyl (C=O) groups is 1. The maximum Gasteiger partial charge on any atom is 0.303 e. The van der Waals surface area contributed by atoms with Gasteiger partial charge in [-0.05, 0) is 19.9 Å². The molecular weight excluding hydrogens is 326 g/mol. The van der Waals surface area contributed by atoms with Gasteiger partial charge in [0.2, 0.25) is 0 Å². The van der Waals surface area contributed by atoms with Crippen molar-refractivity contribution in [1.29, 1.82) is 0 Å². The van der Waals surface area contributed by atoms with E-state index in [9.17, 15) is 4.79 Å². The highest BCUT2D eigenvalue weighted by atomic mass is 16.4. The first-order chi connectivity index (χ1) is 12.5. The summed E-state index contributed by atoms with van der Waals surface area (Å²) in [6.45, 7) is 6.75. The first-order valence-electron chi connectivity index (χ1n) is 11.2. The predicted octanol–water partition coefficient (Wildman–Crippen LogP) is 6.27. The van der Waals surface area contributed by atoms with E-state index < -0.39 is 5.97 Å². The summed E-state index contributed by atoms with van der Waals surface area (Å²) in [5.41, 5.74) is 0. The van der Waals surface area contributed by atoms with Crippen LogP contribution in [0.25, 0.3) is 0 Å². The lowest BCUT2D eigenvalue weighted by Crippen LogP contribution is -2.24. The molecule has 0 radical (unpaired) electrons. The summed E-state index contributed by atoms with van der Waals surface area (Å²) in [5.74, 6) is -0.653. The molecule has 0 saturated carbocycles. The Morgan fingerprint density at radius 1 is 0.731 bits per heavy atom. The van der Waals surface area contributed by atoms with Crippen molar-refractivity contribution >= 4 is 5.97 Å². The van der Waals surface area contributed by atoms with Crippen LogP contribution in [0.15, 0.2) is 0 Å². The Hall–Kier alpha value is -0.610. The Morgan fingerprint density at radius 2 is 1.08 bits per heavy atom. The normalized spacial score (nSPS) is 11.7. The van der Waals surface area contributed by atoms with Gasteiger partial charge in [-0.25, -0.2) is 0 Å². The number of carboxylic acids is 1. The van der Waals surface area contributed by atoms with E-state index in [1.165, 1.54) is 83.5 Å². The second-order valence-electron chi connectivity index (χ2n) is 7.33. The van der Waals surface area contributed by atoms with E-state index in [0.29, 0.717) is 6.42 Å². The molecule has 158 valence electrons. The van der Waals surface area contributed by atoms with Crippen molar-refractivity contribution in [3.63, 3.8) is 0 Å². The molecule has 0 aromatic heterocycles. The summed E-state index contributed by atoms with van der Waals surface area (Å²) < 4.78 is 0. The first-order valence-corrected chi connectivity index (χ1v) is 11.2. The molecule has 0 amide bonds. The van der Waals surface area contributed by atoms with Gasteiger partial charge >= 0.3 is 5.97 Å². The Balaban J connectivity index is 0. The number of aliphatic hydroxyl groups excluding tert-OH is 1. The average Bonchev–Trinajstić information content (AvgIpc) is 2.58. The van der Waals surface area contributed by atoms with Gasteiger partial charge in [-0.3, -0.25) is 10.1 Å². The summed E-state index contributed by atoms with van der Waals surface area (Å²) in [5, 5.41) is 19.7. The first kappa shape index (κ1) is 27.6. The van der Waals surface area contributed by atoms with Crippen LogP contribution in [0.3, 0.4) is 0 Å². The molecule has 3 N–H and O–H groups in total. The van der Waals surface area contributed by atoms with Gasteiger partial charge in [-0.15, -0.1) is 0 Å². The zero-order valence-corrected chi connectivity index (χ0v) is 17.9. The molecule has 0 aliphatic rings. The minimum absolute atomic E-state index is 0.345. The molecule has 0 aromatic carbocycles. The maximum atomic E-state index is 10.3. The molecule has 0 bridgehead atoms. The SMILES string of the molecule is CCCCCCCCCCCCCCCCCC(=O)O.CCNC(C)O. The summed E-state index contributed by atoms with van der Waals surface area (Å²) in [6.07, 6.45) is 19.8. The number of hydrogen-bond acceptors (Lipinski definition) is 3. The van der Waals surface area contributed by atoms with E-state index in [4.69, 9.17) is 10.2 Å². The zero-order valence-electron chi connectivity index (χ0n) is 17.9. The molecule has 1 unspecified atom stereocenters. The van der Waals surface area contributed by atoms with E-state index in [1.807, 2.05) is 6.92 Å². The Kier molecular flexibility index (Phi) is 25.9. The predicted molar refractivity (Wildman–Crippen MR) is 113 cm³/mol. The van der Waals surface area contributed by atoms with Crippen LogP contribution in [0, 0.1) is 0 Å². The van der Waals surface area contributed by atoms with Crippen LogP contribution in [0.2, 0.25) is 0 Å². The lowest BCUT2D eigenvalue weighted by molar-refractivity contribution is -0.137. The third-order valence-electron chi connectivity index (χ3n) is 4.49. The summed E-state index contributed by atoms with van der Waals surface area (Å²) >= 11 is 0. The van der Waals surface area contributed by atoms with Crippen LogP contribution >= 0.6 is 0 Å². The van der Waals surface area contributed by atoms with Crippen molar-refractivity contribution in [1.82, 2.24) is 5.32 Å². The quantitative estimate of drug-likeness (QED) is 0.196. The third-order valence-corrected chi connectivity index (χ3v) is 4.49. The van der Waals surface area contributed by atoms with Gasteiger partial charge in [-0.1, -0.05) is 104 Å². The molecule has 0 saturated heterocycles. The van der Waals surface area contributed by atoms with Crippen LogP contribution in [0.4, 0.5) is 0 Å². The lowest BCUT2D eigenvalue weighted by atomic mass is 10.0. The van der Waals surface area contributed by atoms with Gasteiger partial charge in [0.15, 0.2) is 0 Å². The molecule has 4 heteroatoms. The standard InChI is InChI=1S/C18H36O2.C4H11NO/c1-2-3-4-5-6-7-8-9-10-11-12-13-14-15-16-17-18(19)20;1-3-5-4(2)6/h2-17H2,1H3,(H,19,20);4-6H,3H2,1-2H3. The molecule has 0 spiro atoms. The van der Waals surface area contributed by atoms with Gasteiger partial charge in [0.25, 0.3) is 0 Å². The van der Waals surface area contributed by atoms with Gasteiger partial charge in [0.05, 0.1) is 0 Å². The molecule has 0 aromatic rings. The number of hydrogen-bond donors (Lipinski definition) is 3. The number of rotatable bonds is 18. The molecule has 0 aliphatic heterocycles. The van der Waals surface area contributed by atoms with E-state index in [1.54, 1.807) is 6.92 Å². The van der Waals surface area contributed by atoms with Crippen molar-refractivity contribution < 1.29 is 15.0 Å². The second-order valence-corrected chi connectivity index (χ2v) is 7.33. The van der Waals surface area contributed by atoms with Crippen molar-refractivity contribution in [2.24, 2.45) is 0 Å². The molecule has 0 fully saturated rings. The van der Waals surface area contributed by atoms with Crippen molar-refractivity contribution in [3.05, 3.63) is 0 Å². The number of nitrogens with one attached hydrogen (secondary N) is 1. The van der Waals surface area contributed by atoms with Gasteiger partial charge in [0.1, 0.15) is 6.23 Å². The van der Waals surface area contributed by atoms with Crippen molar-refractivity contribution in [2.45, 2.75) is 130 Å². The van der Waals surface area contributed by atoms with Crippen molar-refractivity contribution in [2.75, 3.05) is 6.54 Å². The Labute approximate surface area is 163 Å². The molecule has 4 nitrogen and oxygen atoms in total. The van der Waals surface area contributed by atoms with E-state index in [2.05, 4.69) is 12.2 Å². The van der Waals surface area contributed by atoms with Crippen LogP contribution in [0.5, 0.6) is 0 Å². The maximum absolute atomic E-state index is 10.3. The van der Waals surface area contributed by atoms with Gasteiger partial charge in [-0.2, -0.15) is 0 Å². The zero-order chi connectivity index (χ0) is 19.9. The lowest BCUT2D eigenvalue weighted by Gasteiger charge is -2.03. The topological polar surface area (TPSA) is 69.6 Å². The Morgan fingerprint density at radius 3 is 1.31 bits per heavy atom. The smallest absolute Gasteiger partial charge is 0.303 e. The van der Waals surface area contributed by atoms with E-state index >= 15 is 0 Å². The minimum Gasteiger partial charge on any atom is -0.481 e. The van der Waals surface area contributed by atoms with Crippen LogP contribution in [-0.2, 0) is 4.79 Å². The highest BCUT2D eigenvalue weighted by molar-refractivity contribution is 5.66. The number of unbranched alkanes of at least 4 members (excludes halogenated alkanes) is 14. The molecule has 26 heavy (non-hydrogen) atoms. The van der Waals surface area contributed by atoms with Crippen LogP contribution < -0.4 is 5.32 Å². The van der Waals surface area contributed by atoms with Gasteiger partial charge in [0, 0.05) is 6.42 Å². The highest BCUT2D eigenvalue weighted by Crippen LogP contribution is 2.13. The monoisotopic (exact) mass is 373 g/mol. The summed E-state index contributed by atoms with van der Waals surface area (Å²) in [4.78, 5) is 10.3. The van der Waals surface area contributed by atoms with Crippen molar-refractivity contribution in [3.8, 4) is 0 Å². The van der Waals surface area contributed by atoms with E-state index in [-0.39, 0.29) is 6.23 Å². The largest absolute Gasteiger partial charge is 0.481 e. The summed E-state index contributed by atoms with van der Waals surface area (Å²) in [6, 6.07) is 0. The molecule has 0 rings (SSSR count). The number of carboxylic acid groups (broad SMARTS) is 1. The summed E-state index contributed by atoms with van der Waals surface area (Å²) in [7, 11) is 0. The fourth-order valence-corrected chi connectivity index (χ4v) is 2.94. The molecule has 1 atom stereocenters. The molecular formula is C22H47NO3. The third kappa shape index (κ3) is 31.2. The van der Waals surface area contributed by atoms with Gasteiger partial charge < -0.3 is 10.2 Å². The second kappa shape index (κ2) is 24.4. The van der Waals surface area contributed by atoms with Crippen LogP contribution in [-0.4, -0.2) is 29.0 Å². The fraction of sp³-hybridized carbons (Fsp3) is 0.955.